The first-order valence-electron chi connectivity index (χ1n) is 5.69. The summed E-state index contributed by atoms with van der Waals surface area (Å²) in [6, 6.07) is 8.20. The Morgan fingerprint density at radius 2 is 2.17 bits per heavy atom. The van der Waals surface area contributed by atoms with Crippen molar-refractivity contribution < 1.29 is 4.79 Å². The number of aromatic nitrogens is 1. The highest BCUT2D eigenvalue weighted by Crippen LogP contribution is 2.48. The van der Waals surface area contributed by atoms with Crippen LogP contribution in [-0.4, -0.2) is 10.9 Å². The van der Waals surface area contributed by atoms with Crippen molar-refractivity contribution in [1.29, 1.82) is 0 Å². The highest BCUT2D eigenvalue weighted by atomic mass is 79.9. The van der Waals surface area contributed by atoms with Crippen molar-refractivity contribution in [1.82, 2.24) is 4.98 Å². The molecule has 1 aromatic heterocycles. The van der Waals surface area contributed by atoms with Crippen LogP contribution in [0.3, 0.4) is 0 Å². The largest absolute Gasteiger partial charge is 0.316 e. The minimum absolute atomic E-state index is 0.104. The lowest BCUT2D eigenvalue weighted by molar-refractivity contribution is -0.117. The first-order chi connectivity index (χ1) is 8.74. The molecule has 0 radical (unpaired) electrons. The average molecular weight is 323 g/mol. The van der Waals surface area contributed by atoms with Gasteiger partial charge in [-0.05, 0) is 30.0 Å². The van der Waals surface area contributed by atoms with Crippen LogP contribution in [0, 0.1) is 5.92 Å². The Hall–Kier alpha value is -1.20. The minimum atomic E-state index is 0.104. The van der Waals surface area contributed by atoms with E-state index in [9.17, 15) is 4.79 Å². The number of rotatable bonds is 3. The maximum atomic E-state index is 12.0. The number of carbonyl (C=O) groups excluding carboxylic acids is 1. The van der Waals surface area contributed by atoms with Crippen molar-refractivity contribution in [2.24, 2.45) is 5.92 Å². The number of nitrogens with zero attached hydrogens (tertiary/aromatic N) is 1. The second-order valence-electron chi connectivity index (χ2n) is 4.36. The van der Waals surface area contributed by atoms with E-state index in [4.69, 9.17) is 0 Å². The maximum absolute atomic E-state index is 12.0. The molecule has 1 fully saturated rings. The predicted octanol–water partition coefficient (Wildman–Crippen LogP) is 3.65. The quantitative estimate of drug-likeness (QED) is 0.937. The number of halogens is 1. The van der Waals surface area contributed by atoms with Crippen molar-refractivity contribution >= 4 is 38.2 Å². The topological polar surface area (TPSA) is 42.0 Å². The molecule has 92 valence electrons. The van der Waals surface area contributed by atoms with Gasteiger partial charge in [-0.25, -0.2) is 0 Å². The molecule has 1 aliphatic carbocycles. The lowest BCUT2D eigenvalue weighted by Crippen LogP contribution is -2.13. The number of carbonyl (C=O) groups is 1. The summed E-state index contributed by atoms with van der Waals surface area (Å²) in [7, 11) is 0. The van der Waals surface area contributed by atoms with Crippen LogP contribution in [0.25, 0.3) is 0 Å². The SMILES string of the molecule is O=C(Nc1cncs1)[C@@H]1C[C@H]1c1ccc(Br)cc1. The molecule has 1 aromatic carbocycles. The lowest BCUT2D eigenvalue weighted by atomic mass is 10.1. The van der Waals surface area contributed by atoms with Crippen LogP contribution in [0.5, 0.6) is 0 Å². The third kappa shape index (κ3) is 2.47. The number of anilines is 1. The van der Waals surface area contributed by atoms with Gasteiger partial charge in [-0.1, -0.05) is 28.1 Å². The van der Waals surface area contributed by atoms with Crippen LogP contribution in [0.4, 0.5) is 5.00 Å². The van der Waals surface area contributed by atoms with E-state index >= 15 is 0 Å². The van der Waals surface area contributed by atoms with Gasteiger partial charge in [0.2, 0.25) is 5.91 Å². The molecule has 0 aliphatic heterocycles. The fourth-order valence-corrected chi connectivity index (χ4v) is 2.84. The minimum Gasteiger partial charge on any atom is -0.316 e. The van der Waals surface area contributed by atoms with Crippen LogP contribution in [0.2, 0.25) is 0 Å². The van der Waals surface area contributed by atoms with Gasteiger partial charge in [0, 0.05) is 10.4 Å². The molecule has 0 bridgehead atoms. The standard InChI is InChI=1S/C13H11BrN2OS/c14-9-3-1-8(2-4-9)10-5-11(10)13(17)16-12-6-15-7-18-12/h1-4,6-7,10-11H,5H2,(H,16,17)/t10-,11+/m0/s1. The average Bonchev–Trinajstić information content (AvgIpc) is 3.01. The molecule has 5 heteroatoms. The van der Waals surface area contributed by atoms with Crippen molar-refractivity contribution in [2.45, 2.75) is 12.3 Å². The first-order valence-corrected chi connectivity index (χ1v) is 7.36. The number of hydrogen-bond acceptors (Lipinski definition) is 3. The van der Waals surface area contributed by atoms with Gasteiger partial charge in [0.25, 0.3) is 0 Å². The van der Waals surface area contributed by atoms with E-state index in [-0.39, 0.29) is 11.8 Å². The highest BCUT2D eigenvalue weighted by molar-refractivity contribution is 9.10. The monoisotopic (exact) mass is 322 g/mol. The number of amides is 1. The van der Waals surface area contributed by atoms with Gasteiger partial charge in [0.15, 0.2) is 0 Å². The van der Waals surface area contributed by atoms with Gasteiger partial charge >= 0.3 is 0 Å². The van der Waals surface area contributed by atoms with E-state index in [0.29, 0.717) is 5.92 Å². The van der Waals surface area contributed by atoms with Gasteiger partial charge in [-0.2, -0.15) is 0 Å². The summed E-state index contributed by atoms with van der Waals surface area (Å²) in [5, 5.41) is 3.72. The number of thiazole rings is 1. The summed E-state index contributed by atoms with van der Waals surface area (Å²) in [5.74, 6) is 0.575. The third-order valence-electron chi connectivity index (χ3n) is 3.10. The van der Waals surface area contributed by atoms with Gasteiger partial charge in [0.1, 0.15) is 5.00 Å². The molecule has 0 saturated heterocycles. The van der Waals surface area contributed by atoms with Gasteiger partial charge in [-0.15, -0.1) is 11.3 Å². The summed E-state index contributed by atoms with van der Waals surface area (Å²) in [6.07, 6.45) is 2.62. The van der Waals surface area contributed by atoms with Crippen LogP contribution < -0.4 is 5.32 Å². The molecule has 0 spiro atoms. The highest BCUT2D eigenvalue weighted by Gasteiger charge is 2.43. The second-order valence-corrected chi connectivity index (χ2v) is 6.16. The zero-order valence-electron chi connectivity index (χ0n) is 9.47. The van der Waals surface area contributed by atoms with Crippen molar-refractivity contribution in [3.63, 3.8) is 0 Å². The molecular weight excluding hydrogens is 312 g/mol. The van der Waals surface area contributed by atoms with Crippen LogP contribution >= 0.6 is 27.3 Å². The smallest absolute Gasteiger partial charge is 0.228 e. The van der Waals surface area contributed by atoms with Gasteiger partial charge in [0.05, 0.1) is 11.7 Å². The fourth-order valence-electron chi connectivity index (χ4n) is 2.05. The predicted molar refractivity (Wildman–Crippen MR) is 75.7 cm³/mol. The summed E-state index contributed by atoms with van der Waals surface area (Å²) in [5.41, 5.74) is 2.96. The van der Waals surface area contributed by atoms with Crippen LogP contribution in [-0.2, 0) is 4.79 Å². The van der Waals surface area contributed by atoms with E-state index < -0.39 is 0 Å². The molecule has 1 N–H and O–H groups in total. The van der Waals surface area contributed by atoms with E-state index in [1.165, 1.54) is 16.9 Å². The molecule has 3 rings (SSSR count). The Morgan fingerprint density at radius 1 is 1.39 bits per heavy atom. The van der Waals surface area contributed by atoms with Crippen LogP contribution in [0.1, 0.15) is 17.9 Å². The molecule has 0 unspecified atom stereocenters. The zero-order valence-corrected chi connectivity index (χ0v) is 11.9. The Bertz CT molecular complexity index is 553. The molecule has 1 heterocycles. The summed E-state index contributed by atoms with van der Waals surface area (Å²) < 4.78 is 1.07. The molecule has 3 nitrogen and oxygen atoms in total. The van der Waals surface area contributed by atoms with Crippen molar-refractivity contribution in [2.75, 3.05) is 5.32 Å². The fraction of sp³-hybridized carbons (Fsp3) is 0.231. The van der Waals surface area contributed by atoms with Crippen molar-refractivity contribution in [3.05, 3.63) is 46.0 Å². The number of nitrogens with one attached hydrogen (secondary N) is 1. The number of benzene rings is 1. The van der Waals surface area contributed by atoms with E-state index in [0.717, 1.165) is 15.9 Å². The molecular formula is C13H11BrN2OS. The van der Waals surface area contributed by atoms with E-state index in [1.54, 1.807) is 11.7 Å². The molecule has 2 atom stereocenters. The Morgan fingerprint density at radius 3 is 2.83 bits per heavy atom. The summed E-state index contributed by atoms with van der Waals surface area (Å²) in [6.45, 7) is 0. The number of hydrogen-bond donors (Lipinski definition) is 1. The van der Waals surface area contributed by atoms with Crippen LogP contribution in [0.15, 0.2) is 40.4 Å². The third-order valence-corrected chi connectivity index (χ3v) is 4.32. The van der Waals surface area contributed by atoms with Gasteiger partial charge in [-0.3, -0.25) is 9.78 Å². The van der Waals surface area contributed by atoms with E-state index in [2.05, 4.69) is 38.4 Å². The first kappa shape index (κ1) is 11.9. The Labute approximate surface area is 117 Å². The van der Waals surface area contributed by atoms with E-state index in [1.807, 2.05) is 12.1 Å². The second kappa shape index (κ2) is 4.82. The normalized spacial score (nSPS) is 21.6. The Balaban J connectivity index is 1.63. The molecule has 1 saturated carbocycles. The van der Waals surface area contributed by atoms with Crippen molar-refractivity contribution in [3.8, 4) is 0 Å². The molecule has 1 aliphatic rings. The molecule has 2 aromatic rings. The molecule has 18 heavy (non-hydrogen) atoms. The molecule has 1 amide bonds. The summed E-state index contributed by atoms with van der Waals surface area (Å²) in [4.78, 5) is 15.9. The zero-order chi connectivity index (χ0) is 12.5. The Kier molecular flexibility index (Phi) is 3.18. The maximum Gasteiger partial charge on any atom is 0.228 e. The lowest BCUT2D eigenvalue weighted by Gasteiger charge is -2.02. The van der Waals surface area contributed by atoms with Gasteiger partial charge < -0.3 is 5.32 Å². The summed E-state index contributed by atoms with van der Waals surface area (Å²) >= 11 is 4.86.